The van der Waals surface area contributed by atoms with Crippen LogP contribution in [0.3, 0.4) is 0 Å². The van der Waals surface area contributed by atoms with Crippen LogP contribution in [-0.4, -0.2) is 145 Å². The maximum Gasteiger partial charge on any atom is 2.00 e. The molecular formula is C16H32CaN2O12S2. The molecule has 4 unspecified atom stereocenters. The van der Waals surface area contributed by atoms with Crippen LogP contribution in [0, 0.1) is 10.8 Å². The number of nitrogens with two attached hydrogens (primary N) is 2. The minimum absolute atomic E-state index is 0. The second-order valence-corrected chi connectivity index (χ2v) is 11.4. The Labute approximate surface area is 223 Å². The van der Waals surface area contributed by atoms with Gasteiger partial charge in [0.05, 0.1) is 13.2 Å². The first-order valence-electron chi connectivity index (χ1n) is 9.10. The third-order valence-corrected chi connectivity index (χ3v) is 6.84. The van der Waals surface area contributed by atoms with E-state index in [4.69, 9.17) is 21.7 Å². The van der Waals surface area contributed by atoms with Crippen molar-refractivity contribution in [3.8, 4) is 0 Å². The number of hydrogen-bond donors (Lipinski definition) is 6. The summed E-state index contributed by atoms with van der Waals surface area (Å²) in [6, 6.07) is 0. The quantitative estimate of drug-likeness (QED) is 0.0986. The standard InChI is InChI=1S/2C8H17NO6S.Ca/c2*1-8(2,4-10)7(12)6(11)5(3-9)16(13,14)15;/h2*5,7,10,12H,3-4,9H2,1-2H3,(H,13,14,15);/q;;+2/p-2. The number of Topliss-reactive ketones (excluding diaryl/α,β-unsaturated/α-hetero) is 2. The average Bonchev–Trinajstić information content (AvgIpc) is 2.65. The summed E-state index contributed by atoms with van der Waals surface area (Å²) in [7, 11) is -9.79. The van der Waals surface area contributed by atoms with Gasteiger partial charge in [0.25, 0.3) is 0 Å². The molecule has 192 valence electrons. The Bertz CT molecular complexity index is 776. The zero-order valence-electron chi connectivity index (χ0n) is 18.9. The van der Waals surface area contributed by atoms with Crippen molar-refractivity contribution in [2.45, 2.75) is 50.4 Å². The molecule has 0 radical (unpaired) electrons. The van der Waals surface area contributed by atoms with Gasteiger partial charge in [-0.2, -0.15) is 0 Å². The third-order valence-electron chi connectivity index (χ3n) is 4.59. The second kappa shape index (κ2) is 14.7. The molecular weight excluding hydrogens is 516 g/mol. The van der Waals surface area contributed by atoms with E-state index in [1.807, 2.05) is 0 Å². The van der Waals surface area contributed by atoms with Crippen LogP contribution in [0.5, 0.6) is 0 Å². The number of hydrogen-bond acceptors (Lipinski definition) is 14. The summed E-state index contributed by atoms with van der Waals surface area (Å²) in [6.07, 6.45) is -3.51. The van der Waals surface area contributed by atoms with Gasteiger partial charge in [-0.3, -0.25) is 9.59 Å². The maximum atomic E-state index is 11.5. The average molecular weight is 549 g/mol. The molecule has 0 heterocycles. The smallest absolute Gasteiger partial charge is 0.747 e. The van der Waals surface area contributed by atoms with Gasteiger partial charge in [0, 0.05) is 23.9 Å². The molecule has 0 spiro atoms. The summed E-state index contributed by atoms with van der Waals surface area (Å²) in [4.78, 5) is 23.0. The number of carbonyl (C=O) groups is 2. The van der Waals surface area contributed by atoms with Gasteiger partial charge in [-0.05, 0) is 0 Å². The maximum absolute atomic E-state index is 11.5. The van der Waals surface area contributed by atoms with E-state index in [1.165, 1.54) is 27.7 Å². The number of ketones is 2. The van der Waals surface area contributed by atoms with Gasteiger partial charge < -0.3 is 41.0 Å². The van der Waals surface area contributed by atoms with E-state index >= 15 is 0 Å². The molecule has 0 aromatic carbocycles. The summed E-state index contributed by atoms with van der Waals surface area (Å²) < 4.78 is 64.2. The minimum Gasteiger partial charge on any atom is -0.747 e. The minimum atomic E-state index is -4.89. The van der Waals surface area contributed by atoms with Gasteiger partial charge in [-0.25, -0.2) is 16.8 Å². The van der Waals surface area contributed by atoms with E-state index in [1.54, 1.807) is 0 Å². The van der Waals surface area contributed by atoms with Gasteiger partial charge >= 0.3 is 37.7 Å². The van der Waals surface area contributed by atoms with Crippen molar-refractivity contribution in [1.82, 2.24) is 0 Å². The molecule has 0 aliphatic carbocycles. The van der Waals surface area contributed by atoms with E-state index in [0.717, 1.165) is 0 Å². The fourth-order valence-electron chi connectivity index (χ4n) is 2.05. The number of rotatable bonds is 12. The number of carbonyl (C=O) groups excluding carboxylic acids is 2. The Morgan fingerprint density at radius 3 is 1.09 bits per heavy atom. The Morgan fingerprint density at radius 1 is 0.758 bits per heavy atom. The van der Waals surface area contributed by atoms with Gasteiger partial charge in [0.15, 0.2) is 11.6 Å². The molecule has 8 N–H and O–H groups in total. The zero-order valence-corrected chi connectivity index (χ0v) is 22.7. The van der Waals surface area contributed by atoms with Crippen LogP contribution >= 0.6 is 0 Å². The first-order valence-corrected chi connectivity index (χ1v) is 12.0. The molecule has 0 aromatic rings. The molecule has 0 rings (SSSR count). The summed E-state index contributed by atoms with van der Waals surface area (Å²) in [5.74, 6) is -2.37. The Morgan fingerprint density at radius 2 is 0.970 bits per heavy atom. The molecule has 0 saturated heterocycles. The van der Waals surface area contributed by atoms with Gasteiger partial charge in [-0.1, -0.05) is 27.7 Å². The predicted molar refractivity (Wildman–Crippen MR) is 115 cm³/mol. The van der Waals surface area contributed by atoms with Crippen molar-refractivity contribution in [2.75, 3.05) is 26.3 Å². The SMILES string of the molecule is CC(C)(CO)C(O)C(=O)C(CN)S(=O)(=O)[O-].CC(C)(CO)C(O)C(=O)C(CN)S(=O)(=O)[O-].[Ca+2]. The molecule has 0 fully saturated rings. The van der Waals surface area contributed by atoms with Crippen molar-refractivity contribution in [3.63, 3.8) is 0 Å². The van der Waals surface area contributed by atoms with Crippen molar-refractivity contribution in [1.29, 1.82) is 0 Å². The van der Waals surface area contributed by atoms with Crippen LogP contribution in [0.25, 0.3) is 0 Å². The van der Waals surface area contributed by atoms with E-state index in [2.05, 4.69) is 0 Å². The molecule has 17 heteroatoms. The van der Waals surface area contributed by atoms with Gasteiger partial charge in [0.2, 0.25) is 0 Å². The number of aliphatic hydroxyl groups excluding tert-OH is 4. The fraction of sp³-hybridized carbons (Fsp3) is 0.875. The Kier molecular flexibility index (Phi) is 16.8. The molecule has 33 heavy (non-hydrogen) atoms. The van der Waals surface area contributed by atoms with Gasteiger partial charge in [0.1, 0.15) is 42.9 Å². The van der Waals surface area contributed by atoms with E-state index in [0.29, 0.717) is 0 Å². The van der Waals surface area contributed by atoms with E-state index in [9.17, 15) is 45.7 Å². The Hall–Kier alpha value is 0.180. The fourth-order valence-corrected chi connectivity index (χ4v) is 3.35. The summed E-state index contributed by atoms with van der Waals surface area (Å²) >= 11 is 0. The normalized spacial score (nSPS) is 16.4. The van der Waals surface area contributed by atoms with Crippen molar-refractivity contribution < 1.29 is 56.0 Å². The molecule has 0 aromatic heterocycles. The molecule has 0 amide bonds. The van der Waals surface area contributed by atoms with Crippen molar-refractivity contribution in [3.05, 3.63) is 0 Å². The van der Waals surface area contributed by atoms with Crippen LogP contribution in [-0.2, 0) is 29.8 Å². The molecule has 0 aliphatic rings. The van der Waals surface area contributed by atoms with E-state index in [-0.39, 0.29) is 37.7 Å². The van der Waals surface area contributed by atoms with Crippen molar-refractivity contribution >= 4 is 69.5 Å². The largest absolute Gasteiger partial charge is 2.00 e. The van der Waals surface area contributed by atoms with Crippen molar-refractivity contribution in [2.24, 2.45) is 22.3 Å². The first-order chi connectivity index (χ1) is 14.1. The summed E-state index contributed by atoms with van der Waals surface area (Å²) in [5.41, 5.74) is 7.56. The van der Waals surface area contributed by atoms with E-state index < -0.39 is 91.6 Å². The topological polar surface area (TPSA) is 282 Å². The third kappa shape index (κ3) is 11.6. The van der Waals surface area contributed by atoms with Crippen LogP contribution in [0.1, 0.15) is 27.7 Å². The molecule has 0 saturated carbocycles. The van der Waals surface area contributed by atoms with Crippen LogP contribution < -0.4 is 11.5 Å². The molecule has 0 aliphatic heterocycles. The van der Waals surface area contributed by atoms with Gasteiger partial charge in [-0.15, -0.1) is 0 Å². The zero-order chi connectivity index (χ0) is 26.3. The van der Waals surface area contributed by atoms with Crippen LogP contribution in [0.2, 0.25) is 0 Å². The summed E-state index contributed by atoms with van der Waals surface area (Å²) in [6.45, 7) is 3.00. The summed E-state index contributed by atoms with van der Waals surface area (Å²) in [5, 5.41) is 32.9. The Balaban J connectivity index is -0.000000529. The first kappa shape index (κ1) is 37.7. The monoisotopic (exact) mass is 548 g/mol. The number of aliphatic hydroxyl groups is 4. The molecule has 4 atom stereocenters. The van der Waals surface area contributed by atoms with Crippen LogP contribution in [0.4, 0.5) is 0 Å². The second-order valence-electron chi connectivity index (χ2n) is 8.34. The predicted octanol–water partition coefficient (Wildman–Crippen LogP) is -4.77. The van der Waals surface area contributed by atoms with Crippen LogP contribution in [0.15, 0.2) is 0 Å². The molecule has 0 bridgehead atoms. The molecule has 14 nitrogen and oxygen atoms in total.